The first-order chi connectivity index (χ1) is 21.2. The van der Waals surface area contributed by atoms with Crippen LogP contribution in [0.1, 0.15) is 15.9 Å². The van der Waals surface area contributed by atoms with Gasteiger partial charge in [0, 0.05) is 30.8 Å². The Morgan fingerprint density at radius 2 is 1.37 bits per heavy atom. The quantitative estimate of drug-likeness (QED) is 0.144. The third-order valence-electron chi connectivity index (χ3n) is 5.96. The third-order valence-corrected chi connectivity index (χ3v) is 5.96. The predicted octanol–water partition coefficient (Wildman–Crippen LogP) is 4.17. The van der Waals surface area contributed by atoms with Gasteiger partial charge in [-0.3, -0.25) is 4.79 Å². The Morgan fingerprint density at radius 1 is 0.698 bits per heavy atom. The van der Waals surface area contributed by atoms with Crippen LogP contribution in [-0.2, 0) is 16.0 Å². The zero-order valence-electron chi connectivity index (χ0n) is 24.2. The molecule has 0 saturated carbocycles. The summed E-state index contributed by atoms with van der Waals surface area (Å²) in [4.78, 5) is 25.3. The number of nitrogens with one attached hydrogen (secondary N) is 3. The van der Waals surface area contributed by atoms with Gasteiger partial charge in [-0.1, -0.05) is 48.5 Å². The van der Waals surface area contributed by atoms with Crippen molar-refractivity contribution < 1.29 is 28.5 Å². The lowest BCUT2D eigenvalue weighted by atomic mass is 10.2. The first kappa shape index (κ1) is 31.0. The van der Waals surface area contributed by atoms with Crippen molar-refractivity contribution in [1.82, 2.24) is 20.3 Å². The van der Waals surface area contributed by atoms with Crippen LogP contribution < -0.4 is 30.2 Å². The van der Waals surface area contributed by atoms with Crippen LogP contribution in [-0.4, -0.2) is 74.6 Å². The summed E-state index contributed by atoms with van der Waals surface area (Å²) in [5.41, 5.74) is 1.49. The average Bonchev–Trinajstić information content (AvgIpc) is 3.05. The Morgan fingerprint density at radius 3 is 2.07 bits per heavy atom. The molecule has 0 radical (unpaired) electrons. The van der Waals surface area contributed by atoms with Crippen molar-refractivity contribution >= 4 is 17.8 Å². The van der Waals surface area contributed by atoms with Crippen LogP contribution in [0.15, 0.2) is 78.9 Å². The summed E-state index contributed by atoms with van der Waals surface area (Å²) in [6.45, 7) is 2.86. The second-order valence-electron chi connectivity index (χ2n) is 8.96. The van der Waals surface area contributed by atoms with Crippen LogP contribution in [0, 0.1) is 0 Å². The van der Waals surface area contributed by atoms with Crippen molar-refractivity contribution in [1.29, 1.82) is 0 Å². The Balaban J connectivity index is 1.23. The molecule has 226 valence electrons. The lowest BCUT2D eigenvalue weighted by Gasteiger charge is -2.14. The molecule has 0 bridgehead atoms. The van der Waals surface area contributed by atoms with E-state index < -0.39 is 0 Å². The largest absolute Gasteiger partial charge is 0.493 e. The fourth-order valence-electron chi connectivity index (χ4n) is 3.91. The van der Waals surface area contributed by atoms with E-state index in [1.165, 1.54) is 0 Å². The first-order valence-corrected chi connectivity index (χ1v) is 13.8. The number of carbonyl (C=O) groups is 1. The number of hydrogen-bond donors (Lipinski definition) is 3. The molecule has 12 nitrogen and oxygen atoms in total. The standard InChI is InChI=1S/C31H36N6O6/c1-39-26-15-9-12-24(27(26)40-2)22-34-30-35-29(36-31(37-30)43-25-13-7-4-8-14-25)33-17-19-42-21-20-41-18-16-32-28(38)23-10-5-3-6-11-23/h3-15H,16-22H2,1-2H3,(H,32,38)(H2,33,34,35,36,37). The lowest BCUT2D eigenvalue weighted by molar-refractivity contribution is 0.0519. The maximum absolute atomic E-state index is 12.0. The zero-order valence-corrected chi connectivity index (χ0v) is 24.2. The molecule has 0 fully saturated rings. The molecule has 0 unspecified atom stereocenters. The van der Waals surface area contributed by atoms with Gasteiger partial charge in [0.05, 0.1) is 40.6 Å². The highest BCUT2D eigenvalue weighted by Gasteiger charge is 2.12. The molecule has 3 N–H and O–H groups in total. The summed E-state index contributed by atoms with van der Waals surface area (Å²) in [6, 6.07) is 24.1. The molecule has 0 spiro atoms. The predicted molar refractivity (Wildman–Crippen MR) is 162 cm³/mol. The molecular weight excluding hydrogens is 552 g/mol. The number of carbonyl (C=O) groups excluding carboxylic acids is 1. The highest BCUT2D eigenvalue weighted by atomic mass is 16.5. The topological polar surface area (TPSA) is 138 Å². The summed E-state index contributed by atoms with van der Waals surface area (Å²) in [5, 5.41) is 9.18. The van der Waals surface area contributed by atoms with Crippen molar-refractivity contribution in [3.05, 3.63) is 90.0 Å². The van der Waals surface area contributed by atoms with Gasteiger partial charge in [0.1, 0.15) is 5.75 Å². The third kappa shape index (κ3) is 10.1. The van der Waals surface area contributed by atoms with Crippen LogP contribution in [0.25, 0.3) is 0 Å². The van der Waals surface area contributed by atoms with E-state index in [1.54, 1.807) is 26.4 Å². The maximum Gasteiger partial charge on any atom is 0.328 e. The number of hydrogen-bond acceptors (Lipinski definition) is 11. The van der Waals surface area contributed by atoms with E-state index in [0.717, 1.165) is 5.56 Å². The van der Waals surface area contributed by atoms with Gasteiger partial charge >= 0.3 is 6.01 Å². The Kier molecular flexibility index (Phi) is 12.3. The zero-order chi connectivity index (χ0) is 30.1. The minimum absolute atomic E-state index is 0.124. The molecule has 4 rings (SSSR count). The Labute approximate surface area is 250 Å². The molecule has 4 aromatic rings. The van der Waals surface area contributed by atoms with E-state index in [1.807, 2.05) is 66.7 Å². The van der Waals surface area contributed by atoms with Crippen molar-refractivity contribution in [2.75, 3.05) is 64.4 Å². The molecule has 3 aromatic carbocycles. The molecule has 1 aromatic heterocycles. The normalized spacial score (nSPS) is 10.6. The number of ether oxygens (including phenoxy) is 5. The van der Waals surface area contributed by atoms with Crippen LogP contribution in [0.4, 0.5) is 11.9 Å². The van der Waals surface area contributed by atoms with E-state index >= 15 is 0 Å². The second kappa shape index (κ2) is 17.1. The minimum Gasteiger partial charge on any atom is -0.493 e. The van der Waals surface area contributed by atoms with Gasteiger partial charge < -0.3 is 39.6 Å². The molecular formula is C31H36N6O6. The SMILES string of the molecule is COc1cccc(CNc2nc(NCCOCCOCCNC(=O)c3ccccc3)nc(Oc3ccccc3)n2)c1OC. The van der Waals surface area contributed by atoms with Crippen LogP contribution >= 0.6 is 0 Å². The van der Waals surface area contributed by atoms with Gasteiger partial charge in [-0.25, -0.2) is 0 Å². The summed E-state index contributed by atoms with van der Waals surface area (Å²) >= 11 is 0. The number of benzene rings is 3. The summed E-state index contributed by atoms with van der Waals surface area (Å²) in [6.07, 6.45) is 0. The number of rotatable bonds is 18. The molecule has 1 heterocycles. The molecule has 0 aliphatic carbocycles. The van der Waals surface area contributed by atoms with Gasteiger partial charge in [0.2, 0.25) is 11.9 Å². The summed E-state index contributed by atoms with van der Waals surface area (Å²) in [7, 11) is 3.19. The van der Waals surface area contributed by atoms with Crippen LogP contribution in [0.3, 0.4) is 0 Å². The van der Waals surface area contributed by atoms with Crippen LogP contribution in [0.5, 0.6) is 23.3 Å². The number of anilines is 2. The van der Waals surface area contributed by atoms with E-state index in [4.69, 9.17) is 23.7 Å². The molecule has 0 atom stereocenters. The van der Waals surface area contributed by atoms with E-state index in [2.05, 4.69) is 30.9 Å². The fourth-order valence-corrected chi connectivity index (χ4v) is 3.91. The van der Waals surface area contributed by atoms with E-state index in [-0.39, 0.29) is 11.9 Å². The second-order valence-corrected chi connectivity index (χ2v) is 8.96. The Hall–Kier alpha value is -4.94. The van der Waals surface area contributed by atoms with Crippen molar-refractivity contribution in [2.45, 2.75) is 6.54 Å². The highest BCUT2D eigenvalue weighted by Crippen LogP contribution is 2.31. The Bertz CT molecular complexity index is 1410. The molecule has 43 heavy (non-hydrogen) atoms. The highest BCUT2D eigenvalue weighted by molar-refractivity contribution is 5.94. The summed E-state index contributed by atoms with van der Waals surface area (Å²) in [5.74, 6) is 2.39. The van der Waals surface area contributed by atoms with E-state index in [0.29, 0.717) is 80.8 Å². The van der Waals surface area contributed by atoms with Crippen molar-refractivity contribution in [3.8, 4) is 23.3 Å². The molecule has 12 heteroatoms. The van der Waals surface area contributed by atoms with Gasteiger partial charge in [-0.2, -0.15) is 15.0 Å². The van der Waals surface area contributed by atoms with Crippen molar-refractivity contribution in [2.24, 2.45) is 0 Å². The van der Waals surface area contributed by atoms with Gasteiger partial charge in [-0.15, -0.1) is 0 Å². The number of amides is 1. The van der Waals surface area contributed by atoms with Gasteiger partial charge in [0.15, 0.2) is 11.5 Å². The molecule has 0 saturated heterocycles. The van der Waals surface area contributed by atoms with Gasteiger partial charge in [0.25, 0.3) is 5.91 Å². The van der Waals surface area contributed by atoms with Crippen LogP contribution in [0.2, 0.25) is 0 Å². The smallest absolute Gasteiger partial charge is 0.328 e. The lowest BCUT2D eigenvalue weighted by Crippen LogP contribution is -2.27. The monoisotopic (exact) mass is 588 g/mol. The van der Waals surface area contributed by atoms with Gasteiger partial charge in [-0.05, 0) is 30.3 Å². The first-order valence-electron chi connectivity index (χ1n) is 13.8. The molecule has 1 amide bonds. The maximum atomic E-state index is 12.0. The molecule has 0 aliphatic rings. The summed E-state index contributed by atoms with van der Waals surface area (Å²) < 4.78 is 28.0. The number of nitrogens with zero attached hydrogens (tertiary/aromatic N) is 3. The number of aromatic nitrogens is 3. The number of methoxy groups -OCH3 is 2. The van der Waals surface area contributed by atoms with Crippen molar-refractivity contribution in [3.63, 3.8) is 0 Å². The minimum atomic E-state index is -0.124. The average molecular weight is 589 g/mol. The molecule has 0 aliphatic heterocycles. The number of para-hydroxylation sites is 2. The van der Waals surface area contributed by atoms with E-state index in [9.17, 15) is 4.79 Å². The fraction of sp³-hybridized carbons (Fsp3) is 0.290.